The summed E-state index contributed by atoms with van der Waals surface area (Å²) in [6.45, 7) is 1.35. The Morgan fingerprint density at radius 2 is 1.79 bits per heavy atom. The van der Waals surface area contributed by atoms with Crippen LogP contribution in [0.2, 0.25) is 0 Å². The molecular formula is C34H27N5O8. The SMILES string of the molecule is CCOc1cc(C=Nn2c(-c3cc4c(OC)cccc4o3)nc3ccccc3c2=O)cc([N+](=O)[O-])c1OCC(=O)Nc1ccccc1. The maximum absolute atomic E-state index is 13.7. The van der Waals surface area contributed by atoms with E-state index in [1.54, 1.807) is 92.9 Å². The van der Waals surface area contributed by atoms with Crippen molar-refractivity contribution in [2.75, 3.05) is 25.6 Å². The number of carbonyl (C=O) groups excluding carboxylic acids is 1. The highest BCUT2D eigenvalue weighted by Crippen LogP contribution is 2.38. The lowest BCUT2D eigenvalue weighted by Gasteiger charge is -2.13. The minimum Gasteiger partial charge on any atom is -0.496 e. The predicted molar refractivity (Wildman–Crippen MR) is 176 cm³/mol. The number of nitro groups is 1. The lowest BCUT2D eigenvalue weighted by Crippen LogP contribution is -2.21. The maximum Gasteiger partial charge on any atom is 0.315 e. The first-order valence-corrected chi connectivity index (χ1v) is 14.4. The highest BCUT2D eigenvalue weighted by atomic mass is 16.6. The number of methoxy groups -OCH3 is 1. The quantitative estimate of drug-likeness (QED) is 0.102. The van der Waals surface area contributed by atoms with Crippen molar-refractivity contribution in [2.45, 2.75) is 6.92 Å². The van der Waals surface area contributed by atoms with Crippen molar-refractivity contribution in [3.8, 4) is 28.8 Å². The van der Waals surface area contributed by atoms with Gasteiger partial charge in [-0.1, -0.05) is 36.4 Å². The van der Waals surface area contributed by atoms with Crippen LogP contribution in [0.25, 0.3) is 33.5 Å². The molecule has 0 bridgehead atoms. The molecule has 6 rings (SSSR count). The molecule has 6 aromatic rings. The van der Waals surface area contributed by atoms with E-state index in [4.69, 9.17) is 18.6 Å². The average molecular weight is 634 g/mol. The molecule has 2 heterocycles. The van der Waals surface area contributed by atoms with Gasteiger partial charge in [-0.3, -0.25) is 19.7 Å². The number of fused-ring (bicyclic) bond motifs is 2. The number of nitrogens with one attached hydrogen (secondary N) is 1. The van der Waals surface area contributed by atoms with Crippen LogP contribution in [0.15, 0.2) is 105 Å². The van der Waals surface area contributed by atoms with Gasteiger partial charge in [0, 0.05) is 17.3 Å². The maximum atomic E-state index is 13.7. The zero-order valence-corrected chi connectivity index (χ0v) is 25.2. The Morgan fingerprint density at radius 3 is 2.55 bits per heavy atom. The van der Waals surface area contributed by atoms with E-state index in [2.05, 4.69) is 15.4 Å². The number of aromatic nitrogens is 2. The Morgan fingerprint density at radius 1 is 1.00 bits per heavy atom. The van der Waals surface area contributed by atoms with Crippen molar-refractivity contribution in [1.82, 2.24) is 9.66 Å². The van der Waals surface area contributed by atoms with Crippen LogP contribution < -0.4 is 25.1 Å². The molecule has 0 aliphatic rings. The van der Waals surface area contributed by atoms with E-state index in [-0.39, 0.29) is 35.3 Å². The predicted octanol–water partition coefficient (Wildman–Crippen LogP) is 6.02. The zero-order chi connectivity index (χ0) is 32.9. The minimum atomic E-state index is -0.652. The third-order valence-corrected chi connectivity index (χ3v) is 7.00. The topological polar surface area (TPSA) is 160 Å². The molecule has 13 nitrogen and oxygen atoms in total. The molecule has 13 heteroatoms. The summed E-state index contributed by atoms with van der Waals surface area (Å²) in [5.41, 5.74) is 0.766. The number of furan rings is 1. The molecule has 0 spiro atoms. The molecule has 0 aliphatic heterocycles. The van der Waals surface area contributed by atoms with Crippen LogP contribution in [0.4, 0.5) is 11.4 Å². The fourth-order valence-corrected chi connectivity index (χ4v) is 4.92. The van der Waals surface area contributed by atoms with Gasteiger partial charge < -0.3 is 23.9 Å². The second-order valence-corrected chi connectivity index (χ2v) is 10.1. The van der Waals surface area contributed by atoms with Crippen molar-refractivity contribution < 1.29 is 28.3 Å². The van der Waals surface area contributed by atoms with E-state index in [0.29, 0.717) is 33.3 Å². The van der Waals surface area contributed by atoms with Crippen molar-refractivity contribution in [3.63, 3.8) is 0 Å². The number of benzene rings is 4. The fraction of sp³-hybridized carbons (Fsp3) is 0.118. The molecular weight excluding hydrogens is 606 g/mol. The number of amides is 1. The van der Waals surface area contributed by atoms with Crippen molar-refractivity contribution in [2.24, 2.45) is 5.10 Å². The third-order valence-electron chi connectivity index (χ3n) is 7.00. The van der Waals surface area contributed by atoms with Crippen LogP contribution in [0.5, 0.6) is 17.2 Å². The molecule has 0 atom stereocenters. The molecule has 236 valence electrons. The highest BCUT2D eigenvalue weighted by molar-refractivity contribution is 5.92. The van der Waals surface area contributed by atoms with E-state index < -0.39 is 28.7 Å². The molecule has 1 N–H and O–H groups in total. The van der Waals surface area contributed by atoms with Crippen molar-refractivity contribution >= 4 is 45.4 Å². The number of anilines is 1. The highest BCUT2D eigenvalue weighted by Gasteiger charge is 2.24. The monoisotopic (exact) mass is 633 g/mol. The fourth-order valence-electron chi connectivity index (χ4n) is 4.92. The van der Waals surface area contributed by atoms with Crippen LogP contribution >= 0.6 is 0 Å². The Balaban J connectivity index is 1.40. The number of para-hydroxylation sites is 2. The Kier molecular flexibility index (Phi) is 8.60. The van der Waals surface area contributed by atoms with Crippen LogP contribution in [-0.2, 0) is 4.79 Å². The zero-order valence-electron chi connectivity index (χ0n) is 25.2. The van der Waals surface area contributed by atoms with Gasteiger partial charge in [0.2, 0.25) is 11.6 Å². The molecule has 47 heavy (non-hydrogen) atoms. The number of rotatable bonds is 11. The summed E-state index contributed by atoms with van der Waals surface area (Å²) in [5.74, 6) is 0.210. The number of nitrogens with zero attached hydrogens (tertiary/aromatic N) is 4. The molecule has 4 aromatic carbocycles. The van der Waals surface area contributed by atoms with Crippen LogP contribution in [-0.4, -0.2) is 47.0 Å². The van der Waals surface area contributed by atoms with Gasteiger partial charge in [-0.05, 0) is 55.5 Å². The molecule has 0 fully saturated rings. The summed E-state index contributed by atoms with van der Waals surface area (Å²) in [4.78, 5) is 42.4. The van der Waals surface area contributed by atoms with E-state index in [1.807, 2.05) is 0 Å². The first-order chi connectivity index (χ1) is 22.9. The number of ether oxygens (including phenoxy) is 3. The second kappa shape index (κ2) is 13.2. The van der Waals surface area contributed by atoms with Crippen LogP contribution in [0, 0.1) is 10.1 Å². The molecule has 0 radical (unpaired) electrons. The van der Waals surface area contributed by atoms with Crippen LogP contribution in [0.1, 0.15) is 12.5 Å². The first kappa shape index (κ1) is 30.5. The molecule has 1 amide bonds. The lowest BCUT2D eigenvalue weighted by atomic mass is 10.2. The van der Waals surface area contributed by atoms with Gasteiger partial charge in [-0.25, -0.2) is 4.98 Å². The van der Waals surface area contributed by atoms with Gasteiger partial charge in [0.15, 0.2) is 18.1 Å². The molecule has 0 saturated carbocycles. The Bertz CT molecular complexity index is 2210. The van der Waals surface area contributed by atoms with Gasteiger partial charge in [-0.2, -0.15) is 9.78 Å². The lowest BCUT2D eigenvalue weighted by molar-refractivity contribution is -0.385. The standard InChI is InChI=1S/C34H27N5O8/c1-3-45-29-17-21(16-26(39(42)43)32(29)46-20-31(40)36-22-10-5-4-6-11-22)19-35-38-33(37-25-13-8-7-12-23(25)34(38)41)30-18-24-27(44-2)14-9-15-28(24)47-30/h4-19H,3,20H2,1-2H3,(H,36,40). The summed E-state index contributed by atoms with van der Waals surface area (Å²) < 4.78 is 23.9. The van der Waals surface area contributed by atoms with E-state index in [9.17, 15) is 19.7 Å². The normalized spacial score (nSPS) is 11.2. The second-order valence-electron chi connectivity index (χ2n) is 10.1. The summed E-state index contributed by atoms with van der Waals surface area (Å²) in [5, 5.41) is 20.2. The Hall–Kier alpha value is -6.50. The average Bonchev–Trinajstić information content (AvgIpc) is 3.52. The molecule has 2 aromatic heterocycles. The summed E-state index contributed by atoms with van der Waals surface area (Å²) >= 11 is 0. The number of hydrogen-bond donors (Lipinski definition) is 1. The van der Waals surface area contributed by atoms with Gasteiger partial charge in [-0.15, -0.1) is 0 Å². The number of carbonyl (C=O) groups is 1. The minimum absolute atomic E-state index is 0.0178. The van der Waals surface area contributed by atoms with Crippen molar-refractivity contribution in [3.05, 3.63) is 117 Å². The van der Waals surface area contributed by atoms with E-state index >= 15 is 0 Å². The summed E-state index contributed by atoms with van der Waals surface area (Å²) in [6.07, 6.45) is 1.27. The first-order valence-electron chi connectivity index (χ1n) is 14.4. The van der Waals surface area contributed by atoms with E-state index in [1.165, 1.54) is 18.3 Å². The van der Waals surface area contributed by atoms with Crippen LogP contribution in [0.3, 0.4) is 0 Å². The van der Waals surface area contributed by atoms with Gasteiger partial charge >= 0.3 is 5.69 Å². The van der Waals surface area contributed by atoms with Gasteiger partial charge in [0.25, 0.3) is 11.5 Å². The van der Waals surface area contributed by atoms with Gasteiger partial charge in [0.1, 0.15) is 11.3 Å². The number of hydrogen-bond acceptors (Lipinski definition) is 10. The Labute approximate surface area is 266 Å². The molecule has 0 aliphatic carbocycles. The molecule has 0 saturated heterocycles. The smallest absolute Gasteiger partial charge is 0.315 e. The molecule has 0 unspecified atom stereocenters. The van der Waals surface area contributed by atoms with E-state index in [0.717, 1.165) is 4.68 Å². The summed E-state index contributed by atoms with van der Waals surface area (Å²) in [7, 11) is 1.54. The summed E-state index contributed by atoms with van der Waals surface area (Å²) in [6, 6.07) is 25.2. The van der Waals surface area contributed by atoms with Gasteiger partial charge in [0.05, 0.1) is 41.1 Å². The number of nitro benzene ring substituents is 1. The van der Waals surface area contributed by atoms with Crippen molar-refractivity contribution in [1.29, 1.82) is 0 Å². The third kappa shape index (κ3) is 6.35. The largest absolute Gasteiger partial charge is 0.496 e.